The van der Waals surface area contributed by atoms with Crippen LogP contribution in [-0.2, 0) is 13.0 Å². The van der Waals surface area contributed by atoms with Crippen molar-refractivity contribution in [1.82, 2.24) is 9.78 Å². The van der Waals surface area contributed by atoms with Gasteiger partial charge in [-0.05, 0) is 55.2 Å². The summed E-state index contributed by atoms with van der Waals surface area (Å²) in [7, 11) is 0. The Hall–Kier alpha value is -3.21. The Kier molecular flexibility index (Phi) is 6.60. The maximum absolute atomic E-state index is 12.6. The van der Waals surface area contributed by atoms with Crippen molar-refractivity contribution < 1.29 is 9.53 Å². The fraction of sp³-hybridized carbons (Fsp3) is 0.292. The molecule has 1 aromatic heterocycles. The van der Waals surface area contributed by atoms with Gasteiger partial charge in [0.25, 0.3) is 5.56 Å². The molecule has 3 rings (SSSR count). The lowest BCUT2D eigenvalue weighted by Gasteiger charge is -2.09. The lowest BCUT2D eigenvalue weighted by atomic mass is 10.0. The predicted molar refractivity (Wildman–Crippen MR) is 114 cm³/mol. The van der Waals surface area contributed by atoms with Crippen LogP contribution in [0.2, 0.25) is 0 Å². The fourth-order valence-corrected chi connectivity index (χ4v) is 3.13. The molecule has 0 saturated carbocycles. The summed E-state index contributed by atoms with van der Waals surface area (Å²) in [6.45, 7) is 6.74. The van der Waals surface area contributed by atoms with Crippen LogP contribution in [0.5, 0.6) is 5.75 Å². The van der Waals surface area contributed by atoms with E-state index in [4.69, 9.17) is 4.74 Å². The molecule has 3 aromatic rings. The van der Waals surface area contributed by atoms with Gasteiger partial charge in [0, 0.05) is 17.2 Å². The van der Waals surface area contributed by atoms with Crippen LogP contribution in [0.25, 0.3) is 11.3 Å². The zero-order valence-corrected chi connectivity index (χ0v) is 17.1. The first kappa shape index (κ1) is 20.5. The Morgan fingerprint density at radius 3 is 2.31 bits per heavy atom. The van der Waals surface area contributed by atoms with E-state index in [-0.39, 0.29) is 17.9 Å². The molecule has 0 aliphatic heterocycles. The highest BCUT2D eigenvalue weighted by Gasteiger charge is 2.11. The van der Waals surface area contributed by atoms with E-state index >= 15 is 0 Å². The number of rotatable bonds is 8. The average molecular weight is 390 g/mol. The molecule has 0 spiro atoms. The second-order valence-electron chi connectivity index (χ2n) is 7.39. The first-order valence-electron chi connectivity index (χ1n) is 9.90. The summed E-state index contributed by atoms with van der Waals surface area (Å²) in [4.78, 5) is 24.8. The maximum atomic E-state index is 12.6. The van der Waals surface area contributed by atoms with Crippen molar-refractivity contribution in [2.75, 3.05) is 6.61 Å². The number of hydrogen-bond donors (Lipinski definition) is 0. The fourth-order valence-electron chi connectivity index (χ4n) is 3.13. The van der Waals surface area contributed by atoms with Crippen LogP contribution in [0.1, 0.15) is 36.7 Å². The van der Waals surface area contributed by atoms with Crippen LogP contribution in [0.15, 0.2) is 65.5 Å². The minimum atomic E-state index is -0.301. The second kappa shape index (κ2) is 9.32. The highest BCUT2D eigenvalue weighted by Crippen LogP contribution is 2.18. The van der Waals surface area contributed by atoms with Gasteiger partial charge in [0.15, 0.2) is 5.78 Å². The summed E-state index contributed by atoms with van der Waals surface area (Å²) >= 11 is 0. The number of benzene rings is 2. The highest BCUT2D eigenvalue weighted by molar-refractivity contribution is 5.95. The molecule has 0 unspecified atom stereocenters. The average Bonchev–Trinajstić information content (AvgIpc) is 2.70. The molecule has 0 atom stereocenters. The van der Waals surface area contributed by atoms with Gasteiger partial charge >= 0.3 is 0 Å². The summed E-state index contributed by atoms with van der Waals surface area (Å²) in [5, 5.41) is 4.40. The minimum Gasteiger partial charge on any atom is -0.494 e. The third kappa shape index (κ3) is 5.41. The standard InChI is InChI=1S/C24H26N2O3/c1-4-29-21-11-9-20(10-12-21)23(27)16-26-24(28)14-13-22(25-26)19-7-5-18(6-8-19)15-17(2)3/h5-14,17H,4,15-16H2,1-3H3. The van der Waals surface area contributed by atoms with Crippen molar-refractivity contribution in [3.05, 3.63) is 82.1 Å². The smallest absolute Gasteiger partial charge is 0.267 e. The number of Topliss-reactive ketones (excluding diaryl/α,β-unsaturated/α-hetero) is 1. The van der Waals surface area contributed by atoms with Crippen molar-refractivity contribution in [3.63, 3.8) is 0 Å². The minimum absolute atomic E-state index is 0.105. The number of aromatic nitrogens is 2. The molecule has 5 nitrogen and oxygen atoms in total. The number of hydrogen-bond acceptors (Lipinski definition) is 4. The molecule has 0 saturated heterocycles. The normalized spacial score (nSPS) is 10.9. The zero-order chi connectivity index (χ0) is 20.8. The number of nitrogens with zero attached hydrogens (tertiary/aromatic N) is 2. The number of ether oxygens (including phenoxy) is 1. The van der Waals surface area contributed by atoms with Crippen LogP contribution in [-0.4, -0.2) is 22.2 Å². The Bertz CT molecular complexity index is 1020. The molecule has 0 bridgehead atoms. The molecule has 0 N–H and O–H groups in total. The van der Waals surface area contributed by atoms with E-state index in [1.165, 1.54) is 16.3 Å². The van der Waals surface area contributed by atoms with Crippen molar-refractivity contribution in [2.24, 2.45) is 5.92 Å². The Morgan fingerprint density at radius 2 is 1.69 bits per heavy atom. The van der Waals surface area contributed by atoms with Crippen molar-refractivity contribution in [2.45, 2.75) is 33.7 Å². The Labute approximate surface area is 171 Å². The summed E-state index contributed by atoms with van der Waals surface area (Å²) in [5.74, 6) is 1.13. The molecule has 0 amide bonds. The van der Waals surface area contributed by atoms with Gasteiger partial charge in [-0.25, -0.2) is 4.68 Å². The van der Waals surface area contributed by atoms with E-state index in [1.54, 1.807) is 30.3 Å². The van der Waals surface area contributed by atoms with Crippen LogP contribution in [0.4, 0.5) is 0 Å². The van der Waals surface area contributed by atoms with Crippen molar-refractivity contribution in [1.29, 1.82) is 0 Å². The first-order chi connectivity index (χ1) is 14.0. The molecule has 1 heterocycles. The molecule has 0 fully saturated rings. The van der Waals surface area contributed by atoms with Crippen LogP contribution < -0.4 is 10.3 Å². The Balaban J connectivity index is 1.78. The van der Waals surface area contributed by atoms with Gasteiger partial charge in [0.05, 0.1) is 12.3 Å². The largest absolute Gasteiger partial charge is 0.494 e. The summed E-state index contributed by atoms with van der Waals surface area (Å²) in [6.07, 6.45) is 1.02. The van der Waals surface area contributed by atoms with Gasteiger partial charge < -0.3 is 4.74 Å². The number of ketones is 1. The lowest BCUT2D eigenvalue weighted by Crippen LogP contribution is -2.26. The third-order valence-corrected chi connectivity index (χ3v) is 4.54. The highest BCUT2D eigenvalue weighted by atomic mass is 16.5. The predicted octanol–water partition coefficient (Wildman–Crippen LogP) is 4.39. The summed E-state index contributed by atoms with van der Waals surface area (Å²) in [5.41, 5.74) is 3.07. The van der Waals surface area contributed by atoms with E-state index < -0.39 is 0 Å². The van der Waals surface area contributed by atoms with E-state index in [2.05, 4.69) is 31.1 Å². The zero-order valence-electron chi connectivity index (χ0n) is 17.1. The molecule has 5 heteroatoms. The Morgan fingerprint density at radius 1 is 1.00 bits per heavy atom. The molecular formula is C24H26N2O3. The van der Waals surface area contributed by atoms with Gasteiger partial charge in [-0.2, -0.15) is 5.10 Å². The molecule has 0 aliphatic rings. The van der Waals surface area contributed by atoms with E-state index in [1.807, 2.05) is 19.1 Å². The van der Waals surface area contributed by atoms with E-state index in [0.717, 1.165) is 12.0 Å². The van der Waals surface area contributed by atoms with Crippen LogP contribution in [0.3, 0.4) is 0 Å². The molecule has 29 heavy (non-hydrogen) atoms. The number of carbonyl (C=O) groups is 1. The summed E-state index contributed by atoms with van der Waals surface area (Å²) in [6, 6.07) is 18.2. The molecule has 0 aliphatic carbocycles. The van der Waals surface area contributed by atoms with Gasteiger partial charge in [-0.1, -0.05) is 38.1 Å². The maximum Gasteiger partial charge on any atom is 0.267 e. The lowest BCUT2D eigenvalue weighted by molar-refractivity contribution is 0.0966. The quantitative estimate of drug-likeness (QED) is 0.535. The first-order valence-corrected chi connectivity index (χ1v) is 9.90. The van der Waals surface area contributed by atoms with Gasteiger partial charge in [0.1, 0.15) is 12.3 Å². The van der Waals surface area contributed by atoms with Crippen molar-refractivity contribution >= 4 is 5.78 Å². The van der Waals surface area contributed by atoms with Crippen molar-refractivity contribution in [3.8, 4) is 17.0 Å². The molecular weight excluding hydrogens is 364 g/mol. The monoisotopic (exact) mass is 390 g/mol. The second-order valence-corrected chi connectivity index (χ2v) is 7.39. The number of carbonyl (C=O) groups excluding carboxylic acids is 1. The van der Waals surface area contributed by atoms with Crippen LogP contribution >= 0.6 is 0 Å². The topological polar surface area (TPSA) is 61.2 Å². The van der Waals surface area contributed by atoms with Crippen LogP contribution in [0, 0.1) is 5.92 Å². The molecule has 150 valence electrons. The van der Waals surface area contributed by atoms with E-state index in [0.29, 0.717) is 29.5 Å². The molecule has 2 aromatic carbocycles. The van der Waals surface area contributed by atoms with E-state index in [9.17, 15) is 9.59 Å². The van der Waals surface area contributed by atoms with Gasteiger partial charge in [-0.15, -0.1) is 0 Å². The van der Waals surface area contributed by atoms with Gasteiger partial charge in [-0.3, -0.25) is 9.59 Å². The van der Waals surface area contributed by atoms with Gasteiger partial charge in [0.2, 0.25) is 0 Å². The SMILES string of the molecule is CCOc1ccc(C(=O)Cn2nc(-c3ccc(CC(C)C)cc3)ccc2=O)cc1. The third-order valence-electron chi connectivity index (χ3n) is 4.54. The molecule has 0 radical (unpaired) electrons. The summed E-state index contributed by atoms with van der Waals surface area (Å²) < 4.78 is 6.61.